The largest absolute Gasteiger partial charge is 0.496 e. The van der Waals surface area contributed by atoms with Gasteiger partial charge in [-0.1, -0.05) is 0 Å². The number of hydrogen-bond acceptors (Lipinski definition) is 3. The van der Waals surface area contributed by atoms with E-state index in [1.54, 1.807) is 7.11 Å². The molecule has 0 spiro atoms. The van der Waals surface area contributed by atoms with Crippen molar-refractivity contribution in [1.82, 2.24) is 0 Å². The molecular weight excluding hydrogens is 242 g/mol. The van der Waals surface area contributed by atoms with E-state index >= 15 is 0 Å². The van der Waals surface area contributed by atoms with Crippen LogP contribution in [0.1, 0.15) is 35.1 Å². The van der Waals surface area contributed by atoms with E-state index in [-0.39, 0.29) is 0 Å². The van der Waals surface area contributed by atoms with Crippen LogP contribution in [0.2, 0.25) is 0 Å². The number of methoxy groups -OCH3 is 1. The zero-order valence-corrected chi connectivity index (χ0v) is 12.1. The van der Waals surface area contributed by atoms with Crippen molar-refractivity contribution < 1.29 is 14.6 Å². The minimum absolute atomic E-state index is 0.499. The fourth-order valence-electron chi connectivity index (χ4n) is 2.32. The highest BCUT2D eigenvalue weighted by Gasteiger charge is 2.13. The van der Waals surface area contributed by atoms with E-state index < -0.39 is 12.0 Å². The van der Waals surface area contributed by atoms with Crippen LogP contribution in [0.5, 0.6) is 5.75 Å². The van der Waals surface area contributed by atoms with Gasteiger partial charge in [-0.25, -0.2) is 0 Å². The lowest BCUT2D eigenvalue weighted by molar-refractivity contribution is -0.138. The van der Waals surface area contributed by atoms with Crippen molar-refractivity contribution in [1.29, 1.82) is 0 Å². The van der Waals surface area contributed by atoms with Gasteiger partial charge in [0.1, 0.15) is 11.8 Å². The Bertz CT molecular complexity index is 469. The second kappa shape index (κ2) is 6.57. The molecule has 0 saturated carbocycles. The number of ether oxygens (including phenoxy) is 1. The fraction of sp³-hybridized carbons (Fsp3) is 0.533. The lowest BCUT2D eigenvalue weighted by Gasteiger charge is -2.16. The van der Waals surface area contributed by atoms with Crippen LogP contribution in [0.15, 0.2) is 6.07 Å². The van der Waals surface area contributed by atoms with Crippen LogP contribution >= 0.6 is 0 Å². The molecular formula is C15H23NO3. The van der Waals surface area contributed by atoms with Gasteiger partial charge in [-0.3, -0.25) is 4.79 Å². The van der Waals surface area contributed by atoms with Crippen LogP contribution in [-0.4, -0.2) is 24.2 Å². The van der Waals surface area contributed by atoms with Gasteiger partial charge >= 0.3 is 5.97 Å². The molecule has 1 atom stereocenters. The highest BCUT2D eigenvalue weighted by molar-refractivity contribution is 5.72. The Morgan fingerprint density at radius 2 is 2.00 bits per heavy atom. The maximum atomic E-state index is 10.7. The maximum absolute atomic E-state index is 10.7. The quantitative estimate of drug-likeness (QED) is 0.828. The Balaban J connectivity index is 2.79. The molecule has 1 rings (SSSR count). The van der Waals surface area contributed by atoms with E-state index in [2.05, 4.69) is 13.8 Å². The summed E-state index contributed by atoms with van der Waals surface area (Å²) >= 11 is 0. The Morgan fingerprint density at radius 3 is 2.53 bits per heavy atom. The van der Waals surface area contributed by atoms with Crippen molar-refractivity contribution in [2.75, 3.05) is 7.11 Å². The molecule has 19 heavy (non-hydrogen) atoms. The summed E-state index contributed by atoms with van der Waals surface area (Å²) in [5.41, 5.74) is 10.3. The first-order chi connectivity index (χ1) is 8.88. The van der Waals surface area contributed by atoms with Gasteiger partial charge in [0.2, 0.25) is 0 Å². The number of carbonyl (C=O) groups is 1. The maximum Gasteiger partial charge on any atom is 0.320 e. The minimum Gasteiger partial charge on any atom is -0.496 e. The molecule has 0 aliphatic heterocycles. The highest BCUT2D eigenvalue weighted by Crippen LogP contribution is 2.28. The summed E-state index contributed by atoms with van der Waals surface area (Å²) in [5.74, 6) is -0.0275. The van der Waals surface area contributed by atoms with E-state index in [0.29, 0.717) is 6.42 Å². The third-order valence-electron chi connectivity index (χ3n) is 3.69. The minimum atomic E-state index is -0.931. The van der Waals surface area contributed by atoms with E-state index in [9.17, 15) is 4.79 Å². The molecule has 4 nitrogen and oxygen atoms in total. The second-order valence-electron chi connectivity index (χ2n) is 4.96. The third kappa shape index (κ3) is 3.70. The number of nitrogens with two attached hydrogens (primary N) is 1. The van der Waals surface area contributed by atoms with Gasteiger partial charge in [0.25, 0.3) is 0 Å². The van der Waals surface area contributed by atoms with Crippen molar-refractivity contribution in [2.45, 2.75) is 46.1 Å². The molecule has 1 aromatic rings. The topological polar surface area (TPSA) is 72.5 Å². The van der Waals surface area contributed by atoms with Crippen LogP contribution in [0, 0.1) is 20.8 Å². The Labute approximate surface area is 114 Å². The predicted molar refractivity (Wildman–Crippen MR) is 75.8 cm³/mol. The smallest absolute Gasteiger partial charge is 0.320 e. The number of rotatable bonds is 6. The van der Waals surface area contributed by atoms with Gasteiger partial charge < -0.3 is 15.6 Å². The molecule has 0 saturated heterocycles. The Kier molecular flexibility index (Phi) is 5.36. The summed E-state index contributed by atoms with van der Waals surface area (Å²) in [7, 11) is 1.67. The van der Waals surface area contributed by atoms with Gasteiger partial charge in [-0.15, -0.1) is 0 Å². The molecule has 0 radical (unpaired) electrons. The molecule has 0 aromatic heterocycles. The fourth-order valence-corrected chi connectivity index (χ4v) is 2.32. The standard InChI is InChI=1S/C15H23NO3/c1-9-8-14(19-4)11(3)10(2)12(9)6-5-7-13(16)15(17)18/h8,13H,5-7,16H2,1-4H3,(H,17,18). The monoisotopic (exact) mass is 265 g/mol. The van der Waals surface area contributed by atoms with Gasteiger partial charge in [0, 0.05) is 0 Å². The second-order valence-corrected chi connectivity index (χ2v) is 4.96. The van der Waals surface area contributed by atoms with Crippen molar-refractivity contribution in [3.63, 3.8) is 0 Å². The zero-order chi connectivity index (χ0) is 14.6. The van der Waals surface area contributed by atoms with E-state index in [0.717, 1.165) is 24.2 Å². The summed E-state index contributed by atoms with van der Waals surface area (Å²) < 4.78 is 5.34. The van der Waals surface area contributed by atoms with Crippen LogP contribution in [-0.2, 0) is 11.2 Å². The molecule has 1 unspecified atom stereocenters. The summed E-state index contributed by atoms with van der Waals surface area (Å²) in [5, 5.41) is 8.76. The third-order valence-corrected chi connectivity index (χ3v) is 3.69. The van der Waals surface area contributed by atoms with E-state index in [1.165, 1.54) is 16.7 Å². The first-order valence-electron chi connectivity index (χ1n) is 6.50. The first kappa shape index (κ1) is 15.5. The lowest BCUT2D eigenvalue weighted by Crippen LogP contribution is -2.29. The van der Waals surface area contributed by atoms with Gasteiger partial charge in [0.05, 0.1) is 7.11 Å². The molecule has 0 aliphatic carbocycles. The summed E-state index contributed by atoms with van der Waals surface area (Å²) in [6.07, 6.45) is 2.13. The van der Waals surface area contributed by atoms with Crippen molar-refractivity contribution in [3.8, 4) is 5.75 Å². The van der Waals surface area contributed by atoms with Crippen molar-refractivity contribution in [2.24, 2.45) is 5.73 Å². The number of carboxylic acids is 1. The van der Waals surface area contributed by atoms with Crippen LogP contribution in [0.4, 0.5) is 0 Å². The summed E-state index contributed by atoms with van der Waals surface area (Å²) in [4.78, 5) is 10.7. The normalized spacial score (nSPS) is 12.3. The SMILES string of the molecule is COc1cc(C)c(CCCC(N)C(=O)O)c(C)c1C. The van der Waals surface area contributed by atoms with Gasteiger partial charge in [-0.2, -0.15) is 0 Å². The molecule has 106 valence electrons. The average Bonchev–Trinajstić information content (AvgIpc) is 2.37. The lowest BCUT2D eigenvalue weighted by atomic mass is 9.93. The van der Waals surface area contributed by atoms with Gasteiger partial charge in [-0.05, 0) is 68.4 Å². The molecule has 0 aliphatic rings. The molecule has 0 fully saturated rings. The van der Waals surface area contributed by atoms with E-state index in [4.69, 9.17) is 15.6 Å². The number of aliphatic carboxylic acids is 1. The number of carboxylic acid groups (broad SMARTS) is 1. The van der Waals surface area contributed by atoms with E-state index in [1.807, 2.05) is 13.0 Å². The molecule has 0 bridgehead atoms. The predicted octanol–water partition coefficient (Wildman–Crippen LogP) is 2.36. The Hall–Kier alpha value is -1.55. The van der Waals surface area contributed by atoms with Crippen LogP contribution in [0.25, 0.3) is 0 Å². The molecule has 0 amide bonds. The number of benzene rings is 1. The van der Waals surface area contributed by atoms with Gasteiger partial charge in [0.15, 0.2) is 0 Å². The summed E-state index contributed by atoms with van der Waals surface area (Å²) in [6.45, 7) is 6.18. The first-order valence-corrected chi connectivity index (χ1v) is 6.50. The zero-order valence-electron chi connectivity index (χ0n) is 12.1. The Morgan fingerprint density at radius 1 is 1.37 bits per heavy atom. The van der Waals surface area contributed by atoms with Crippen LogP contribution in [0.3, 0.4) is 0 Å². The molecule has 3 N–H and O–H groups in total. The van der Waals surface area contributed by atoms with Crippen molar-refractivity contribution in [3.05, 3.63) is 28.3 Å². The highest BCUT2D eigenvalue weighted by atomic mass is 16.5. The summed E-state index contributed by atoms with van der Waals surface area (Å²) in [6, 6.07) is 1.27. The molecule has 4 heteroatoms. The van der Waals surface area contributed by atoms with Crippen LogP contribution < -0.4 is 10.5 Å². The molecule has 1 aromatic carbocycles. The van der Waals surface area contributed by atoms with Crippen molar-refractivity contribution >= 4 is 5.97 Å². The number of aryl methyl sites for hydroxylation is 1. The average molecular weight is 265 g/mol. The molecule has 0 heterocycles. The number of hydrogen-bond donors (Lipinski definition) is 2.